The Bertz CT molecular complexity index is 594. The lowest BCUT2D eigenvalue weighted by Crippen LogP contribution is -1.99. The quantitative estimate of drug-likeness (QED) is 0.775. The molecule has 0 atom stereocenters. The van der Waals surface area contributed by atoms with E-state index in [2.05, 4.69) is 4.98 Å². The summed E-state index contributed by atoms with van der Waals surface area (Å²) in [5.74, 6) is 1.31. The summed E-state index contributed by atoms with van der Waals surface area (Å²) < 4.78 is 5.65. The number of hydrogen-bond donors (Lipinski definition) is 0. The van der Waals surface area contributed by atoms with Gasteiger partial charge in [-0.1, -0.05) is 18.5 Å². The van der Waals surface area contributed by atoms with Crippen molar-refractivity contribution in [3.05, 3.63) is 52.8 Å². The number of ketones is 1. The fourth-order valence-electron chi connectivity index (χ4n) is 1.60. The molecule has 98 valence electrons. The van der Waals surface area contributed by atoms with Crippen LogP contribution in [-0.2, 0) is 0 Å². The van der Waals surface area contributed by atoms with Crippen LogP contribution in [0, 0.1) is 6.92 Å². The van der Waals surface area contributed by atoms with Crippen LogP contribution in [0.2, 0.25) is 5.02 Å². The second-order valence-corrected chi connectivity index (χ2v) is 4.58. The second-order valence-electron chi connectivity index (χ2n) is 4.17. The van der Waals surface area contributed by atoms with Gasteiger partial charge in [-0.3, -0.25) is 4.79 Å². The summed E-state index contributed by atoms with van der Waals surface area (Å²) in [7, 11) is 0. The first-order valence-electron chi connectivity index (χ1n) is 6.03. The van der Waals surface area contributed by atoms with E-state index in [0.717, 1.165) is 5.56 Å². The average Bonchev–Trinajstić information content (AvgIpc) is 2.43. The number of pyridine rings is 1. The Morgan fingerprint density at radius 2 is 2.00 bits per heavy atom. The van der Waals surface area contributed by atoms with E-state index in [4.69, 9.17) is 16.3 Å². The first-order chi connectivity index (χ1) is 9.10. The third-order valence-corrected chi connectivity index (χ3v) is 3.13. The van der Waals surface area contributed by atoms with Gasteiger partial charge in [0.2, 0.25) is 0 Å². The lowest BCUT2D eigenvalue weighted by Gasteiger charge is -2.07. The number of aromatic nitrogens is 1. The van der Waals surface area contributed by atoms with Gasteiger partial charge in [-0.05, 0) is 42.8 Å². The van der Waals surface area contributed by atoms with Crippen LogP contribution in [0.4, 0.5) is 0 Å². The Labute approximate surface area is 117 Å². The third kappa shape index (κ3) is 3.32. The summed E-state index contributed by atoms with van der Waals surface area (Å²) in [6.07, 6.45) is 2.00. The molecule has 0 saturated heterocycles. The molecule has 1 aromatic heterocycles. The highest BCUT2D eigenvalue weighted by molar-refractivity contribution is 6.31. The van der Waals surface area contributed by atoms with Gasteiger partial charge in [0.1, 0.15) is 17.2 Å². The SMILES string of the molecule is CCC(=O)c1ccc(Oc2ccc(Cl)c(C)c2)cn1. The van der Waals surface area contributed by atoms with Crippen LogP contribution < -0.4 is 4.74 Å². The Morgan fingerprint density at radius 3 is 2.58 bits per heavy atom. The van der Waals surface area contributed by atoms with Crippen molar-refractivity contribution in [2.24, 2.45) is 0 Å². The zero-order valence-corrected chi connectivity index (χ0v) is 11.6. The monoisotopic (exact) mass is 275 g/mol. The fraction of sp³-hybridized carbons (Fsp3) is 0.200. The Morgan fingerprint density at radius 1 is 1.26 bits per heavy atom. The maximum atomic E-state index is 11.4. The van der Waals surface area contributed by atoms with Gasteiger partial charge in [-0.25, -0.2) is 4.98 Å². The van der Waals surface area contributed by atoms with Gasteiger partial charge in [0, 0.05) is 11.4 Å². The number of aryl methyl sites for hydroxylation is 1. The van der Waals surface area contributed by atoms with Crippen LogP contribution in [0.3, 0.4) is 0 Å². The lowest BCUT2D eigenvalue weighted by atomic mass is 10.2. The van der Waals surface area contributed by atoms with Gasteiger partial charge in [0.15, 0.2) is 5.78 Å². The summed E-state index contributed by atoms with van der Waals surface area (Å²) in [5, 5.41) is 0.703. The van der Waals surface area contributed by atoms with Gasteiger partial charge in [-0.15, -0.1) is 0 Å². The van der Waals surface area contributed by atoms with E-state index in [1.54, 1.807) is 30.5 Å². The van der Waals surface area contributed by atoms with Crippen molar-refractivity contribution in [3.8, 4) is 11.5 Å². The van der Waals surface area contributed by atoms with E-state index in [1.165, 1.54) is 0 Å². The molecule has 0 aliphatic carbocycles. The smallest absolute Gasteiger partial charge is 0.180 e. The zero-order valence-electron chi connectivity index (χ0n) is 10.8. The molecule has 1 heterocycles. The van der Waals surface area contributed by atoms with E-state index in [-0.39, 0.29) is 5.78 Å². The molecule has 0 spiro atoms. The lowest BCUT2D eigenvalue weighted by molar-refractivity contribution is 0.0983. The maximum Gasteiger partial charge on any atom is 0.180 e. The first-order valence-corrected chi connectivity index (χ1v) is 6.41. The number of nitrogens with zero attached hydrogens (tertiary/aromatic N) is 1. The molecule has 0 unspecified atom stereocenters. The minimum Gasteiger partial charge on any atom is -0.456 e. The third-order valence-electron chi connectivity index (χ3n) is 2.71. The maximum absolute atomic E-state index is 11.4. The van der Waals surface area contributed by atoms with Gasteiger partial charge < -0.3 is 4.74 Å². The van der Waals surface area contributed by atoms with Gasteiger partial charge in [0.25, 0.3) is 0 Å². The minimum atomic E-state index is 0.0221. The molecule has 4 heteroatoms. The van der Waals surface area contributed by atoms with E-state index >= 15 is 0 Å². The van der Waals surface area contributed by atoms with Crippen molar-refractivity contribution in [3.63, 3.8) is 0 Å². The van der Waals surface area contributed by atoms with Gasteiger partial charge in [-0.2, -0.15) is 0 Å². The van der Waals surface area contributed by atoms with Crippen molar-refractivity contribution in [1.82, 2.24) is 4.98 Å². The van der Waals surface area contributed by atoms with Crippen LogP contribution in [-0.4, -0.2) is 10.8 Å². The summed E-state index contributed by atoms with van der Waals surface area (Å²) >= 11 is 5.95. The van der Waals surface area contributed by atoms with Gasteiger partial charge in [0.05, 0.1) is 6.20 Å². The van der Waals surface area contributed by atoms with Crippen molar-refractivity contribution in [2.45, 2.75) is 20.3 Å². The average molecular weight is 276 g/mol. The van der Waals surface area contributed by atoms with Crippen LogP contribution in [0.25, 0.3) is 0 Å². The number of benzene rings is 1. The Hall–Kier alpha value is -1.87. The molecule has 1 aromatic carbocycles. The summed E-state index contributed by atoms with van der Waals surface area (Å²) in [5.41, 5.74) is 1.41. The highest BCUT2D eigenvalue weighted by atomic mass is 35.5. The number of rotatable bonds is 4. The molecular weight excluding hydrogens is 262 g/mol. The molecule has 19 heavy (non-hydrogen) atoms. The zero-order chi connectivity index (χ0) is 13.8. The predicted octanol–water partition coefficient (Wildman–Crippen LogP) is 4.43. The van der Waals surface area contributed by atoms with Crippen LogP contribution in [0.1, 0.15) is 29.4 Å². The fourth-order valence-corrected chi connectivity index (χ4v) is 1.72. The minimum absolute atomic E-state index is 0.0221. The highest BCUT2D eigenvalue weighted by Gasteiger charge is 2.05. The molecule has 0 bridgehead atoms. The molecule has 0 saturated carbocycles. The van der Waals surface area contributed by atoms with Crippen LogP contribution >= 0.6 is 11.6 Å². The van der Waals surface area contributed by atoms with Crippen LogP contribution in [0.15, 0.2) is 36.5 Å². The molecule has 0 amide bonds. The first kappa shape index (κ1) is 13.6. The normalized spacial score (nSPS) is 10.3. The van der Waals surface area contributed by atoms with Crippen molar-refractivity contribution >= 4 is 17.4 Å². The van der Waals surface area contributed by atoms with E-state index in [0.29, 0.717) is 28.6 Å². The summed E-state index contributed by atoms with van der Waals surface area (Å²) in [6, 6.07) is 8.84. The topological polar surface area (TPSA) is 39.2 Å². The molecule has 0 fully saturated rings. The molecule has 0 aliphatic heterocycles. The number of halogens is 1. The molecule has 0 aliphatic rings. The molecule has 2 aromatic rings. The molecular formula is C15H14ClNO2. The van der Waals surface area contributed by atoms with Gasteiger partial charge >= 0.3 is 0 Å². The summed E-state index contributed by atoms with van der Waals surface area (Å²) in [4.78, 5) is 15.5. The summed E-state index contributed by atoms with van der Waals surface area (Å²) in [6.45, 7) is 3.72. The highest BCUT2D eigenvalue weighted by Crippen LogP contribution is 2.25. The molecule has 2 rings (SSSR count). The number of hydrogen-bond acceptors (Lipinski definition) is 3. The second kappa shape index (κ2) is 5.85. The number of Topliss-reactive ketones (excluding diaryl/α,β-unsaturated/α-hetero) is 1. The Kier molecular flexibility index (Phi) is 4.17. The van der Waals surface area contributed by atoms with E-state index in [1.807, 2.05) is 19.9 Å². The number of carbonyl (C=O) groups excluding carboxylic acids is 1. The molecule has 0 N–H and O–H groups in total. The molecule has 0 radical (unpaired) electrons. The van der Waals surface area contributed by atoms with Crippen molar-refractivity contribution in [2.75, 3.05) is 0 Å². The standard InChI is InChI=1S/C15H14ClNO2/c1-3-15(18)14-7-5-12(9-17-14)19-11-4-6-13(16)10(2)8-11/h4-9H,3H2,1-2H3. The van der Waals surface area contributed by atoms with Crippen molar-refractivity contribution < 1.29 is 9.53 Å². The molecule has 3 nitrogen and oxygen atoms in total. The van der Waals surface area contributed by atoms with Crippen LogP contribution in [0.5, 0.6) is 11.5 Å². The van der Waals surface area contributed by atoms with Crippen molar-refractivity contribution in [1.29, 1.82) is 0 Å². The Balaban J connectivity index is 2.15. The predicted molar refractivity (Wildman–Crippen MR) is 75.1 cm³/mol. The van der Waals surface area contributed by atoms with E-state index in [9.17, 15) is 4.79 Å². The number of carbonyl (C=O) groups is 1. The number of ether oxygens (including phenoxy) is 1. The van der Waals surface area contributed by atoms with E-state index < -0.39 is 0 Å². The largest absolute Gasteiger partial charge is 0.456 e.